The number of benzene rings is 3. The number of carbonyl (C=O) groups is 1. The Balaban J connectivity index is 1.70. The third-order valence-corrected chi connectivity index (χ3v) is 5.99. The molecule has 0 spiro atoms. The number of rotatable bonds is 6. The van der Waals surface area contributed by atoms with E-state index in [0.29, 0.717) is 11.4 Å². The molecule has 146 valence electrons. The lowest BCUT2D eigenvalue weighted by Crippen LogP contribution is -2.17. The van der Waals surface area contributed by atoms with Crippen molar-refractivity contribution in [3.8, 4) is 0 Å². The highest BCUT2D eigenvalue weighted by molar-refractivity contribution is 7.98. The first-order chi connectivity index (χ1) is 14.2. The zero-order chi connectivity index (χ0) is 20.2. The Morgan fingerprint density at radius 2 is 1.66 bits per heavy atom. The maximum atomic E-state index is 12.8. The summed E-state index contributed by atoms with van der Waals surface area (Å²) < 4.78 is 2.26. The van der Waals surface area contributed by atoms with Crippen LogP contribution in [0.2, 0.25) is 5.02 Å². The lowest BCUT2D eigenvalue weighted by Gasteiger charge is -2.13. The van der Waals surface area contributed by atoms with Gasteiger partial charge in [0.05, 0.1) is 6.42 Å². The van der Waals surface area contributed by atoms with Gasteiger partial charge in [-0.25, -0.2) is 0 Å². The highest BCUT2D eigenvalue weighted by Crippen LogP contribution is 2.34. The minimum atomic E-state index is -0.0419. The maximum absolute atomic E-state index is 12.8. The number of halogens is 1. The van der Waals surface area contributed by atoms with E-state index in [0.717, 1.165) is 28.3 Å². The van der Waals surface area contributed by atoms with Gasteiger partial charge in [-0.1, -0.05) is 60.1 Å². The number of para-hydroxylation sites is 1. The molecule has 3 nitrogen and oxygen atoms in total. The number of thioether (sulfide) groups is 1. The number of nitrogens with zero attached hydrogens (tertiary/aromatic N) is 1. The van der Waals surface area contributed by atoms with E-state index in [1.54, 1.807) is 23.9 Å². The van der Waals surface area contributed by atoms with Crippen LogP contribution in [0.15, 0.2) is 83.8 Å². The second kappa shape index (κ2) is 8.76. The molecule has 0 fully saturated rings. The van der Waals surface area contributed by atoms with Gasteiger partial charge in [-0.3, -0.25) is 4.79 Å². The van der Waals surface area contributed by atoms with E-state index in [9.17, 15) is 4.79 Å². The molecule has 4 aromatic rings. The van der Waals surface area contributed by atoms with Gasteiger partial charge >= 0.3 is 0 Å². The zero-order valence-electron chi connectivity index (χ0n) is 16.1. The maximum Gasteiger partial charge on any atom is 0.230 e. The molecule has 0 unspecified atom stereocenters. The summed E-state index contributed by atoms with van der Waals surface area (Å²) >= 11 is 7.63. The molecule has 4 rings (SSSR count). The molecule has 0 saturated carbocycles. The zero-order valence-corrected chi connectivity index (χ0v) is 17.6. The Bertz CT molecular complexity index is 1140. The largest absolute Gasteiger partial charge is 0.338 e. The Kier molecular flexibility index (Phi) is 5.93. The van der Waals surface area contributed by atoms with Gasteiger partial charge in [0.2, 0.25) is 5.91 Å². The number of amides is 1. The molecular formula is C24H21ClN2OS. The van der Waals surface area contributed by atoms with Crippen molar-refractivity contribution in [3.63, 3.8) is 0 Å². The van der Waals surface area contributed by atoms with E-state index in [4.69, 9.17) is 11.6 Å². The van der Waals surface area contributed by atoms with E-state index in [1.807, 2.05) is 42.5 Å². The monoisotopic (exact) mass is 420 g/mol. The van der Waals surface area contributed by atoms with E-state index < -0.39 is 0 Å². The quantitative estimate of drug-likeness (QED) is 0.374. The average Bonchev–Trinajstić information content (AvgIpc) is 3.03. The van der Waals surface area contributed by atoms with E-state index in [2.05, 4.69) is 40.4 Å². The molecule has 1 aromatic heterocycles. The standard InChI is InChI=1S/C24H21ClN2OS/c1-29-24-20-9-5-6-10-21(20)27(16-17-7-3-2-4-8-17)22(24)15-23(28)26-19-13-11-18(25)12-14-19/h2-14H,15-16H2,1H3,(H,26,28). The molecule has 5 heteroatoms. The molecule has 1 heterocycles. The van der Waals surface area contributed by atoms with Crippen LogP contribution in [0.25, 0.3) is 10.9 Å². The third kappa shape index (κ3) is 4.34. The molecule has 1 N–H and O–H groups in total. The van der Waals surface area contributed by atoms with Crippen LogP contribution in [0.5, 0.6) is 0 Å². The van der Waals surface area contributed by atoms with Crippen LogP contribution in [0.3, 0.4) is 0 Å². The van der Waals surface area contributed by atoms with Crippen LogP contribution in [0, 0.1) is 0 Å². The normalized spacial score (nSPS) is 11.0. The first-order valence-corrected chi connectivity index (χ1v) is 11.0. The Morgan fingerprint density at radius 3 is 2.38 bits per heavy atom. The van der Waals surface area contributed by atoms with Gasteiger partial charge in [-0.15, -0.1) is 11.8 Å². The first-order valence-electron chi connectivity index (χ1n) is 9.39. The number of fused-ring (bicyclic) bond motifs is 1. The fourth-order valence-corrected chi connectivity index (χ4v) is 4.50. The van der Waals surface area contributed by atoms with Gasteiger partial charge in [0.25, 0.3) is 0 Å². The molecule has 29 heavy (non-hydrogen) atoms. The molecule has 0 aliphatic heterocycles. The van der Waals surface area contributed by atoms with Crippen molar-refractivity contribution in [3.05, 3.63) is 95.1 Å². The van der Waals surface area contributed by atoms with Crippen molar-refractivity contribution in [2.45, 2.75) is 17.9 Å². The van der Waals surface area contributed by atoms with Crippen LogP contribution < -0.4 is 5.32 Å². The number of anilines is 1. The molecular weight excluding hydrogens is 400 g/mol. The molecule has 0 saturated heterocycles. The topological polar surface area (TPSA) is 34.0 Å². The summed E-state index contributed by atoms with van der Waals surface area (Å²) in [6.07, 6.45) is 2.37. The van der Waals surface area contributed by atoms with Crippen LogP contribution in [-0.2, 0) is 17.8 Å². The summed E-state index contributed by atoms with van der Waals surface area (Å²) in [5, 5.41) is 4.82. The van der Waals surface area contributed by atoms with Crippen molar-refractivity contribution < 1.29 is 4.79 Å². The summed E-state index contributed by atoms with van der Waals surface area (Å²) in [5.41, 5.74) is 4.14. The van der Waals surface area contributed by atoms with Crippen LogP contribution in [0.1, 0.15) is 11.3 Å². The number of carbonyl (C=O) groups excluding carboxylic acids is 1. The van der Waals surface area contributed by atoms with Gasteiger partial charge in [-0.2, -0.15) is 0 Å². The van der Waals surface area contributed by atoms with Crippen molar-refractivity contribution >= 4 is 45.9 Å². The van der Waals surface area contributed by atoms with Crippen LogP contribution in [-0.4, -0.2) is 16.7 Å². The Morgan fingerprint density at radius 1 is 0.966 bits per heavy atom. The summed E-state index contributed by atoms with van der Waals surface area (Å²) in [5.74, 6) is -0.0419. The lowest BCUT2D eigenvalue weighted by molar-refractivity contribution is -0.115. The Labute approximate surface area is 179 Å². The molecule has 0 aliphatic rings. The predicted octanol–water partition coefficient (Wildman–Crippen LogP) is 6.25. The second-order valence-corrected chi connectivity index (χ2v) is 8.05. The van der Waals surface area contributed by atoms with Crippen molar-refractivity contribution in [1.82, 2.24) is 4.57 Å². The van der Waals surface area contributed by atoms with Crippen molar-refractivity contribution in [2.24, 2.45) is 0 Å². The fourth-order valence-electron chi connectivity index (χ4n) is 3.57. The number of hydrogen-bond acceptors (Lipinski definition) is 2. The third-order valence-electron chi connectivity index (χ3n) is 4.87. The van der Waals surface area contributed by atoms with Gasteiger partial charge in [0.1, 0.15) is 0 Å². The minimum Gasteiger partial charge on any atom is -0.338 e. The van der Waals surface area contributed by atoms with E-state index in [1.165, 1.54) is 10.9 Å². The SMILES string of the molecule is CSc1c(CC(=O)Nc2ccc(Cl)cc2)n(Cc2ccccc2)c2ccccc12. The van der Waals surface area contributed by atoms with Gasteiger partial charge < -0.3 is 9.88 Å². The minimum absolute atomic E-state index is 0.0419. The highest BCUT2D eigenvalue weighted by Gasteiger charge is 2.19. The molecule has 0 bridgehead atoms. The van der Waals surface area contributed by atoms with Crippen LogP contribution >= 0.6 is 23.4 Å². The summed E-state index contributed by atoms with van der Waals surface area (Å²) in [7, 11) is 0. The fraction of sp³-hybridized carbons (Fsp3) is 0.125. The second-order valence-electron chi connectivity index (χ2n) is 6.80. The van der Waals surface area contributed by atoms with Gasteiger partial charge in [0, 0.05) is 38.7 Å². The average molecular weight is 421 g/mol. The number of hydrogen-bond donors (Lipinski definition) is 1. The molecule has 0 radical (unpaired) electrons. The number of nitrogens with one attached hydrogen (secondary N) is 1. The first kappa shape index (κ1) is 19.6. The highest BCUT2D eigenvalue weighted by atomic mass is 35.5. The Hall–Kier alpha value is -2.69. The summed E-state index contributed by atoms with van der Waals surface area (Å²) in [6, 6.07) is 25.9. The van der Waals surface area contributed by atoms with Gasteiger partial charge in [0.15, 0.2) is 0 Å². The van der Waals surface area contributed by atoms with Crippen LogP contribution in [0.4, 0.5) is 5.69 Å². The molecule has 0 atom stereocenters. The molecule has 3 aromatic carbocycles. The smallest absolute Gasteiger partial charge is 0.230 e. The molecule has 1 amide bonds. The summed E-state index contributed by atoms with van der Waals surface area (Å²) in [4.78, 5) is 14.0. The van der Waals surface area contributed by atoms with Crippen molar-refractivity contribution in [1.29, 1.82) is 0 Å². The van der Waals surface area contributed by atoms with Gasteiger partial charge in [-0.05, 0) is 42.2 Å². The van der Waals surface area contributed by atoms with E-state index in [-0.39, 0.29) is 5.91 Å². The summed E-state index contributed by atoms with van der Waals surface area (Å²) in [6.45, 7) is 0.728. The molecule has 0 aliphatic carbocycles. The predicted molar refractivity (Wildman–Crippen MR) is 123 cm³/mol. The van der Waals surface area contributed by atoms with Crippen molar-refractivity contribution in [2.75, 3.05) is 11.6 Å². The lowest BCUT2D eigenvalue weighted by atomic mass is 10.2. The number of aromatic nitrogens is 1. The van der Waals surface area contributed by atoms with E-state index >= 15 is 0 Å².